The maximum absolute atomic E-state index is 12.7. The average molecular weight is 345 g/mol. The van der Waals surface area contributed by atoms with Crippen molar-refractivity contribution < 1.29 is 9.72 Å². The van der Waals surface area contributed by atoms with E-state index in [-0.39, 0.29) is 17.6 Å². The van der Waals surface area contributed by atoms with E-state index < -0.39 is 4.92 Å². The number of nitrogens with zero attached hydrogens (tertiary/aromatic N) is 2. The summed E-state index contributed by atoms with van der Waals surface area (Å²) in [5.41, 5.74) is 0.756. The predicted molar refractivity (Wildman–Crippen MR) is 94.6 cm³/mol. The van der Waals surface area contributed by atoms with Crippen molar-refractivity contribution >= 4 is 28.6 Å². The van der Waals surface area contributed by atoms with E-state index in [9.17, 15) is 14.9 Å². The Labute approximate surface area is 144 Å². The number of anilines is 1. The van der Waals surface area contributed by atoms with Gasteiger partial charge in [-0.05, 0) is 43.3 Å². The summed E-state index contributed by atoms with van der Waals surface area (Å²) < 4.78 is 0. The maximum atomic E-state index is 12.7. The summed E-state index contributed by atoms with van der Waals surface area (Å²) in [5.74, 6) is -0.225. The summed E-state index contributed by atoms with van der Waals surface area (Å²) in [4.78, 5) is 26.3. The van der Waals surface area contributed by atoms with E-state index in [1.165, 1.54) is 6.07 Å². The van der Waals surface area contributed by atoms with Crippen LogP contribution in [0.25, 0.3) is 0 Å². The second-order valence-electron chi connectivity index (χ2n) is 6.02. The first-order valence-corrected chi connectivity index (χ1v) is 8.71. The van der Waals surface area contributed by atoms with Crippen LogP contribution in [0, 0.1) is 10.1 Å². The second kappa shape index (κ2) is 6.60. The molecule has 0 spiro atoms. The number of carbonyl (C=O) groups is 1. The Morgan fingerprint density at radius 2 is 2.17 bits per heavy atom. The molecule has 1 unspecified atom stereocenters. The first-order valence-electron chi connectivity index (χ1n) is 7.83. The molecule has 2 aromatic rings. The fraction of sp³-hybridized carbons (Fsp3) is 0.353. The minimum atomic E-state index is -0.440. The van der Waals surface area contributed by atoms with Crippen LogP contribution in [-0.4, -0.2) is 28.8 Å². The summed E-state index contributed by atoms with van der Waals surface area (Å²) in [6.07, 6.45) is 2.05. The highest BCUT2D eigenvalue weighted by atomic mass is 32.1. The monoisotopic (exact) mass is 345 g/mol. The molecule has 0 radical (unpaired) electrons. The predicted octanol–water partition coefficient (Wildman–Crippen LogP) is 4.06. The molecule has 1 saturated carbocycles. The largest absolute Gasteiger partial charge is 0.377 e. The van der Waals surface area contributed by atoms with Gasteiger partial charge in [0.1, 0.15) is 5.69 Å². The van der Waals surface area contributed by atoms with Crippen LogP contribution < -0.4 is 5.32 Å². The zero-order valence-corrected chi connectivity index (χ0v) is 14.4. The molecule has 1 amide bonds. The lowest BCUT2D eigenvalue weighted by Gasteiger charge is -2.24. The van der Waals surface area contributed by atoms with E-state index in [2.05, 4.69) is 5.32 Å². The van der Waals surface area contributed by atoms with Gasteiger partial charge >= 0.3 is 0 Å². The van der Waals surface area contributed by atoms with E-state index >= 15 is 0 Å². The molecule has 24 heavy (non-hydrogen) atoms. The van der Waals surface area contributed by atoms with Crippen LogP contribution in [0.15, 0.2) is 35.7 Å². The smallest absolute Gasteiger partial charge is 0.293 e. The molecule has 1 aliphatic rings. The van der Waals surface area contributed by atoms with E-state index in [1.54, 1.807) is 35.4 Å². The van der Waals surface area contributed by atoms with Crippen LogP contribution in [0.5, 0.6) is 0 Å². The van der Waals surface area contributed by atoms with Crippen molar-refractivity contribution in [2.75, 3.05) is 12.4 Å². The minimum absolute atomic E-state index is 0.0510. The Hall–Kier alpha value is -2.41. The lowest BCUT2D eigenvalue weighted by molar-refractivity contribution is -0.384. The molecule has 1 aliphatic carbocycles. The van der Waals surface area contributed by atoms with Crippen molar-refractivity contribution in [3.63, 3.8) is 0 Å². The molecular weight excluding hydrogens is 326 g/mol. The van der Waals surface area contributed by atoms with E-state index in [0.717, 1.165) is 17.7 Å². The molecule has 0 aliphatic heterocycles. The zero-order valence-electron chi connectivity index (χ0n) is 13.6. The van der Waals surface area contributed by atoms with Gasteiger partial charge in [0.2, 0.25) is 0 Å². The van der Waals surface area contributed by atoms with Crippen LogP contribution in [0.1, 0.15) is 41.0 Å². The molecule has 7 heteroatoms. The first-order chi connectivity index (χ1) is 11.5. The van der Waals surface area contributed by atoms with E-state index in [4.69, 9.17) is 0 Å². The minimum Gasteiger partial charge on any atom is -0.377 e. The Morgan fingerprint density at radius 3 is 2.75 bits per heavy atom. The van der Waals surface area contributed by atoms with Gasteiger partial charge in [0.25, 0.3) is 11.6 Å². The average Bonchev–Trinajstić information content (AvgIpc) is 3.22. The highest BCUT2D eigenvalue weighted by Crippen LogP contribution is 2.32. The summed E-state index contributed by atoms with van der Waals surface area (Å²) in [6, 6.07) is 8.80. The highest BCUT2D eigenvalue weighted by molar-refractivity contribution is 7.10. The third-order valence-corrected chi connectivity index (χ3v) is 5.28. The second-order valence-corrected chi connectivity index (χ2v) is 6.99. The Bertz CT molecular complexity index is 756. The molecule has 6 nitrogen and oxygen atoms in total. The van der Waals surface area contributed by atoms with Gasteiger partial charge in [0.05, 0.1) is 11.0 Å². The summed E-state index contributed by atoms with van der Waals surface area (Å²) in [5, 5.41) is 16.4. The number of rotatable bonds is 6. The number of thiophene rings is 1. The standard InChI is InChI=1S/C17H19N3O3S/c1-11(16-4-3-9-24-16)19(2)17(21)12-5-8-14(18-13-6-7-13)15(10-12)20(22)23/h3-5,8-11,13,18H,6-7H2,1-2H3. The number of benzene rings is 1. The maximum Gasteiger partial charge on any atom is 0.293 e. The first kappa shape index (κ1) is 16.4. The summed E-state index contributed by atoms with van der Waals surface area (Å²) >= 11 is 1.58. The van der Waals surface area contributed by atoms with Crippen molar-refractivity contribution in [2.24, 2.45) is 0 Å². The van der Waals surface area contributed by atoms with Gasteiger partial charge in [-0.2, -0.15) is 0 Å². The molecule has 1 atom stereocenters. The number of nitro benzene ring substituents is 1. The van der Waals surface area contributed by atoms with Crippen molar-refractivity contribution in [1.82, 2.24) is 4.90 Å². The lowest BCUT2D eigenvalue weighted by atomic mass is 10.1. The number of nitrogens with one attached hydrogen (secondary N) is 1. The van der Waals surface area contributed by atoms with Crippen LogP contribution >= 0.6 is 11.3 Å². The number of nitro groups is 1. The van der Waals surface area contributed by atoms with Gasteiger partial charge in [-0.15, -0.1) is 11.3 Å². The van der Waals surface area contributed by atoms with Crippen LogP contribution in [-0.2, 0) is 0 Å². The van der Waals surface area contributed by atoms with Gasteiger partial charge < -0.3 is 10.2 Å². The van der Waals surface area contributed by atoms with Crippen LogP contribution in [0.2, 0.25) is 0 Å². The van der Waals surface area contributed by atoms with Gasteiger partial charge in [-0.1, -0.05) is 6.07 Å². The van der Waals surface area contributed by atoms with Crippen LogP contribution in [0.4, 0.5) is 11.4 Å². The Balaban J connectivity index is 1.83. The topological polar surface area (TPSA) is 75.5 Å². The molecular formula is C17H19N3O3S. The SMILES string of the molecule is CC(c1cccs1)N(C)C(=O)c1ccc(NC2CC2)c([N+](=O)[O-])c1. The number of hydrogen-bond donors (Lipinski definition) is 1. The highest BCUT2D eigenvalue weighted by Gasteiger charge is 2.27. The molecule has 1 N–H and O–H groups in total. The van der Waals surface area contributed by atoms with Crippen molar-refractivity contribution in [3.05, 3.63) is 56.3 Å². The lowest BCUT2D eigenvalue weighted by Crippen LogP contribution is -2.29. The van der Waals surface area contributed by atoms with E-state index in [0.29, 0.717) is 17.3 Å². The molecule has 3 rings (SSSR count). The quantitative estimate of drug-likeness (QED) is 0.633. The van der Waals surface area contributed by atoms with Gasteiger partial charge in [0, 0.05) is 29.6 Å². The normalized spacial score (nSPS) is 14.9. The molecule has 1 aromatic carbocycles. The Kier molecular flexibility index (Phi) is 4.53. The number of carbonyl (C=O) groups excluding carboxylic acids is 1. The third kappa shape index (κ3) is 3.41. The zero-order chi connectivity index (χ0) is 17.3. The number of amides is 1. The van der Waals surface area contributed by atoms with Gasteiger partial charge in [-0.3, -0.25) is 14.9 Å². The molecule has 0 bridgehead atoms. The molecule has 0 saturated heterocycles. The van der Waals surface area contributed by atoms with Gasteiger partial charge in [0.15, 0.2) is 0 Å². The van der Waals surface area contributed by atoms with E-state index in [1.807, 2.05) is 24.4 Å². The number of hydrogen-bond acceptors (Lipinski definition) is 5. The summed E-state index contributed by atoms with van der Waals surface area (Å²) in [6.45, 7) is 1.95. The molecule has 126 valence electrons. The fourth-order valence-electron chi connectivity index (χ4n) is 2.48. The van der Waals surface area contributed by atoms with Gasteiger partial charge in [-0.25, -0.2) is 0 Å². The summed E-state index contributed by atoms with van der Waals surface area (Å²) in [7, 11) is 1.72. The van der Waals surface area contributed by atoms with Crippen molar-refractivity contribution in [2.45, 2.75) is 31.8 Å². The van der Waals surface area contributed by atoms with Crippen molar-refractivity contribution in [3.8, 4) is 0 Å². The molecule has 1 fully saturated rings. The van der Waals surface area contributed by atoms with Crippen molar-refractivity contribution in [1.29, 1.82) is 0 Å². The molecule has 1 heterocycles. The van der Waals surface area contributed by atoms with Crippen LogP contribution in [0.3, 0.4) is 0 Å². The Morgan fingerprint density at radius 1 is 1.42 bits per heavy atom. The third-order valence-electron chi connectivity index (χ3n) is 4.23. The fourth-order valence-corrected chi connectivity index (χ4v) is 3.31. The molecule has 1 aromatic heterocycles.